The van der Waals surface area contributed by atoms with E-state index >= 15 is 0 Å². The van der Waals surface area contributed by atoms with E-state index < -0.39 is 5.97 Å². The number of aromatic carboxylic acids is 1. The molecule has 2 fully saturated rings. The Morgan fingerprint density at radius 2 is 1.44 bits per heavy atom. The molecular formula is C28H29FN2O3. The highest BCUT2D eigenvalue weighted by atomic mass is 19.1. The average molecular weight is 461 g/mol. The number of benzene rings is 3. The zero-order valence-corrected chi connectivity index (χ0v) is 19.1. The van der Waals surface area contributed by atoms with Crippen LogP contribution in [-0.4, -0.2) is 59.2 Å². The Bertz CT molecular complexity index is 1120. The van der Waals surface area contributed by atoms with Gasteiger partial charge in [0.15, 0.2) is 0 Å². The first-order valence-corrected chi connectivity index (χ1v) is 11.8. The number of carboxylic acid groups (broad SMARTS) is 1. The maximum absolute atomic E-state index is 13.1. The number of hydrogen-bond acceptors (Lipinski definition) is 4. The molecule has 176 valence electrons. The van der Waals surface area contributed by atoms with E-state index in [4.69, 9.17) is 9.84 Å². The second-order valence-corrected chi connectivity index (χ2v) is 9.27. The van der Waals surface area contributed by atoms with Gasteiger partial charge in [-0.2, -0.15) is 0 Å². The van der Waals surface area contributed by atoms with Crippen LogP contribution in [-0.2, 0) is 13.0 Å². The number of rotatable bonds is 9. The first-order chi connectivity index (χ1) is 16.5. The van der Waals surface area contributed by atoms with Gasteiger partial charge in [-0.15, -0.1) is 0 Å². The van der Waals surface area contributed by atoms with E-state index in [0.717, 1.165) is 49.5 Å². The Hall–Kier alpha value is -3.22. The summed E-state index contributed by atoms with van der Waals surface area (Å²) in [6.07, 6.45) is 1.96. The Morgan fingerprint density at radius 3 is 2.06 bits per heavy atom. The number of carboxylic acids is 1. The molecule has 5 nitrogen and oxygen atoms in total. The van der Waals surface area contributed by atoms with Crippen LogP contribution in [0.3, 0.4) is 0 Å². The molecule has 0 aliphatic carbocycles. The van der Waals surface area contributed by atoms with Crippen LogP contribution in [0.15, 0.2) is 72.8 Å². The summed E-state index contributed by atoms with van der Waals surface area (Å²) < 4.78 is 19.1. The summed E-state index contributed by atoms with van der Waals surface area (Å²) in [6.45, 7) is 4.55. The smallest absolute Gasteiger partial charge is 0.335 e. The second kappa shape index (κ2) is 9.95. The molecule has 34 heavy (non-hydrogen) atoms. The molecule has 0 radical (unpaired) electrons. The lowest BCUT2D eigenvalue weighted by molar-refractivity contribution is 0.0696. The van der Waals surface area contributed by atoms with Gasteiger partial charge in [-0.05, 0) is 65.9 Å². The van der Waals surface area contributed by atoms with E-state index in [2.05, 4.69) is 21.9 Å². The van der Waals surface area contributed by atoms with Gasteiger partial charge in [0.25, 0.3) is 0 Å². The zero-order valence-electron chi connectivity index (χ0n) is 19.1. The number of halogens is 1. The van der Waals surface area contributed by atoms with Crippen molar-refractivity contribution in [1.29, 1.82) is 0 Å². The van der Waals surface area contributed by atoms with Crippen LogP contribution >= 0.6 is 0 Å². The molecule has 2 heterocycles. The van der Waals surface area contributed by atoms with Crippen molar-refractivity contribution < 1.29 is 19.0 Å². The largest absolute Gasteiger partial charge is 0.492 e. The fraction of sp³-hybridized carbons (Fsp3) is 0.321. The van der Waals surface area contributed by atoms with Crippen LogP contribution in [0.5, 0.6) is 5.75 Å². The van der Waals surface area contributed by atoms with Crippen LogP contribution in [0.1, 0.15) is 33.5 Å². The number of carbonyl (C=O) groups is 1. The van der Waals surface area contributed by atoms with Gasteiger partial charge < -0.3 is 9.84 Å². The summed E-state index contributed by atoms with van der Waals surface area (Å²) in [7, 11) is 0. The van der Waals surface area contributed by atoms with Crippen LogP contribution in [0.25, 0.3) is 0 Å². The number of likely N-dealkylation sites (tertiary alicyclic amines) is 2. The van der Waals surface area contributed by atoms with E-state index in [0.29, 0.717) is 24.3 Å². The number of ether oxygens (including phenoxy) is 1. The van der Waals surface area contributed by atoms with Crippen LogP contribution in [0, 0.1) is 5.82 Å². The fourth-order valence-electron chi connectivity index (χ4n) is 5.11. The van der Waals surface area contributed by atoms with Crippen molar-refractivity contribution in [3.8, 4) is 5.75 Å². The third-order valence-electron chi connectivity index (χ3n) is 6.95. The Kier molecular flexibility index (Phi) is 6.61. The van der Waals surface area contributed by atoms with Crippen LogP contribution in [0.4, 0.5) is 4.39 Å². The minimum absolute atomic E-state index is 0.210. The van der Waals surface area contributed by atoms with E-state index in [1.807, 2.05) is 36.4 Å². The second-order valence-electron chi connectivity index (χ2n) is 9.27. The van der Waals surface area contributed by atoms with Crippen LogP contribution < -0.4 is 4.74 Å². The minimum Gasteiger partial charge on any atom is -0.492 e. The molecule has 0 saturated carbocycles. The highest BCUT2D eigenvalue weighted by Crippen LogP contribution is 2.31. The number of fused-ring (bicyclic) bond motifs is 2. The maximum atomic E-state index is 13.1. The van der Waals surface area contributed by atoms with E-state index in [1.54, 1.807) is 12.1 Å². The lowest BCUT2D eigenvalue weighted by Crippen LogP contribution is -2.47. The van der Waals surface area contributed by atoms with Gasteiger partial charge >= 0.3 is 5.97 Å². The molecule has 2 saturated heterocycles. The van der Waals surface area contributed by atoms with Gasteiger partial charge in [0.2, 0.25) is 0 Å². The van der Waals surface area contributed by atoms with Crippen molar-refractivity contribution in [3.05, 3.63) is 101 Å². The summed E-state index contributed by atoms with van der Waals surface area (Å²) in [5, 5.41) is 9.06. The normalized spacial score (nSPS) is 20.0. The van der Waals surface area contributed by atoms with Gasteiger partial charge in [0.05, 0.1) is 5.56 Å². The molecule has 2 bridgehead atoms. The predicted octanol–water partition coefficient (Wildman–Crippen LogP) is 4.45. The van der Waals surface area contributed by atoms with E-state index in [-0.39, 0.29) is 5.82 Å². The molecule has 1 N–H and O–H groups in total. The summed E-state index contributed by atoms with van der Waals surface area (Å²) in [5.74, 6) is -0.220. The molecule has 2 aliphatic heterocycles. The third kappa shape index (κ3) is 5.29. The number of piperazine rings is 1. The lowest BCUT2D eigenvalue weighted by atomic mass is 10.1. The molecule has 5 rings (SSSR count). The van der Waals surface area contributed by atoms with Crippen molar-refractivity contribution in [2.24, 2.45) is 0 Å². The molecule has 0 aromatic heterocycles. The zero-order chi connectivity index (χ0) is 23.5. The maximum Gasteiger partial charge on any atom is 0.335 e. The number of hydrogen-bond donors (Lipinski definition) is 1. The third-order valence-corrected chi connectivity index (χ3v) is 6.95. The van der Waals surface area contributed by atoms with Gasteiger partial charge in [-0.25, -0.2) is 9.18 Å². The fourth-order valence-corrected chi connectivity index (χ4v) is 5.11. The Labute approximate surface area is 199 Å². The molecule has 6 heteroatoms. The first kappa shape index (κ1) is 22.6. The molecular weight excluding hydrogens is 431 g/mol. The summed E-state index contributed by atoms with van der Waals surface area (Å²) >= 11 is 0. The molecule has 3 aromatic carbocycles. The first-order valence-electron chi connectivity index (χ1n) is 11.8. The lowest BCUT2D eigenvalue weighted by Gasteiger charge is -2.34. The topological polar surface area (TPSA) is 53.0 Å². The van der Waals surface area contributed by atoms with E-state index in [1.165, 1.54) is 24.1 Å². The average Bonchev–Trinajstić information content (AvgIpc) is 3.42. The molecule has 2 aliphatic rings. The quantitative estimate of drug-likeness (QED) is 0.511. The molecule has 2 atom stereocenters. The molecule has 0 spiro atoms. The summed E-state index contributed by atoms with van der Waals surface area (Å²) in [6, 6.07) is 23.1. The summed E-state index contributed by atoms with van der Waals surface area (Å²) in [5.41, 5.74) is 3.76. The van der Waals surface area contributed by atoms with Crippen LogP contribution in [0.2, 0.25) is 0 Å². The Balaban J connectivity index is 1.05. The van der Waals surface area contributed by atoms with Crippen molar-refractivity contribution >= 4 is 5.97 Å². The molecule has 3 aromatic rings. The minimum atomic E-state index is -0.884. The van der Waals surface area contributed by atoms with Crippen molar-refractivity contribution in [2.45, 2.75) is 31.5 Å². The van der Waals surface area contributed by atoms with Gasteiger partial charge in [0, 0.05) is 38.3 Å². The summed E-state index contributed by atoms with van der Waals surface area (Å²) in [4.78, 5) is 16.1. The highest BCUT2D eigenvalue weighted by molar-refractivity contribution is 5.87. The Morgan fingerprint density at radius 1 is 0.853 bits per heavy atom. The van der Waals surface area contributed by atoms with Crippen molar-refractivity contribution in [2.75, 3.05) is 26.2 Å². The monoisotopic (exact) mass is 460 g/mol. The van der Waals surface area contributed by atoms with Gasteiger partial charge in [0.1, 0.15) is 18.2 Å². The SMILES string of the molecule is O=C(O)c1ccc(CN2C[C@@H]3C[C@H]2CN3CCOc2ccc(Cc3ccc(F)cc3)cc2)cc1. The standard InChI is InChI=1S/C28H29FN2O3/c29-24-9-3-20(4-10-24)15-21-5-11-27(12-6-21)34-14-13-30-18-26-16-25(30)19-31(26)17-22-1-7-23(8-2-22)28(32)33/h1-12,25-26H,13-19H2,(H,32,33)/t25-,26-/m0/s1. The highest BCUT2D eigenvalue weighted by Gasteiger charge is 2.42. The number of nitrogens with zero attached hydrogens (tertiary/aromatic N) is 2. The van der Waals surface area contributed by atoms with E-state index in [9.17, 15) is 9.18 Å². The van der Waals surface area contributed by atoms with Crippen molar-refractivity contribution in [3.63, 3.8) is 0 Å². The van der Waals surface area contributed by atoms with Gasteiger partial charge in [-0.1, -0.05) is 36.4 Å². The van der Waals surface area contributed by atoms with Gasteiger partial charge in [-0.3, -0.25) is 9.80 Å². The molecule has 0 amide bonds. The molecule has 0 unspecified atom stereocenters. The van der Waals surface area contributed by atoms with Crippen molar-refractivity contribution in [1.82, 2.24) is 9.80 Å². The predicted molar refractivity (Wildman–Crippen MR) is 129 cm³/mol.